The summed E-state index contributed by atoms with van der Waals surface area (Å²) in [5, 5.41) is 11.6. The van der Waals surface area contributed by atoms with Crippen LogP contribution in [0.1, 0.15) is 37.3 Å². The number of benzene rings is 2. The Morgan fingerprint density at radius 1 is 1.25 bits per heavy atom. The molecule has 2 aromatic carbocycles. The van der Waals surface area contributed by atoms with E-state index in [-0.39, 0.29) is 22.1 Å². The number of phenolic OH excluding ortho intramolecular Hbond substituents is 1. The molecular formula is C15H18O4S. The first-order chi connectivity index (χ1) is 9.25. The standard InChI is InChI=1S/C15H18O4S/c1-4-10(3)14-13(20(17,18)19)8-11-7-9(2)5-6-12(11)15(14)16/h5-8,10,16H,4H2,1-3H3,(H,17,18,19). The summed E-state index contributed by atoms with van der Waals surface area (Å²) in [6.45, 7) is 5.60. The zero-order valence-electron chi connectivity index (χ0n) is 11.7. The van der Waals surface area contributed by atoms with Crippen LogP contribution in [0.15, 0.2) is 29.2 Å². The van der Waals surface area contributed by atoms with Crippen LogP contribution in [0.4, 0.5) is 0 Å². The maximum absolute atomic E-state index is 11.6. The molecule has 0 spiro atoms. The molecule has 0 bridgehead atoms. The Labute approximate surface area is 118 Å². The lowest BCUT2D eigenvalue weighted by molar-refractivity contribution is 0.456. The van der Waals surface area contributed by atoms with E-state index in [0.29, 0.717) is 17.2 Å². The first-order valence-corrected chi connectivity index (χ1v) is 7.93. The summed E-state index contributed by atoms with van der Waals surface area (Å²) >= 11 is 0. The van der Waals surface area contributed by atoms with Crippen molar-refractivity contribution in [3.8, 4) is 5.75 Å². The van der Waals surface area contributed by atoms with Gasteiger partial charge in [0.1, 0.15) is 10.6 Å². The molecular weight excluding hydrogens is 276 g/mol. The number of fused-ring (bicyclic) bond motifs is 1. The SMILES string of the molecule is CCC(C)c1c(S(=O)(=O)O)cc2cc(C)ccc2c1O. The van der Waals surface area contributed by atoms with Crippen molar-refractivity contribution >= 4 is 20.9 Å². The van der Waals surface area contributed by atoms with Crippen molar-refractivity contribution in [2.24, 2.45) is 0 Å². The summed E-state index contributed by atoms with van der Waals surface area (Å²) in [7, 11) is -4.38. The van der Waals surface area contributed by atoms with Crippen molar-refractivity contribution in [1.82, 2.24) is 0 Å². The molecule has 0 saturated heterocycles. The fourth-order valence-corrected chi connectivity index (χ4v) is 3.24. The molecule has 4 nitrogen and oxygen atoms in total. The maximum atomic E-state index is 11.6. The van der Waals surface area contributed by atoms with Crippen LogP contribution in [0, 0.1) is 6.92 Å². The second-order valence-corrected chi connectivity index (χ2v) is 6.54. The zero-order chi connectivity index (χ0) is 15.1. The van der Waals surface area contributed by atoms with Gasteiger partial charge in [0, 0.05) is 10.9 Å². The van der Waals surface area contributed by atoms with E-state index in [1.165, 1.54) is 6.07 Å². The van der Waals surface area contributed by atoms with Gasteiger partial charge in [-0.15, -0.1) is 0 Å². The van der Waals surface area contributed by atoms with Gasteiger partial charge >= 0.3 is 0 Å². The molecule has 2 rings (SSSR count). The zero-order valence-corrected chi connectivity index (χ0v) is 12.5. The van der Waals surface area contributed by atoms with E-state index in [0.717, 1.165) is 5.56 Å². The van der Waals surface area contributed by atoms with Gasteiger partial charge in [-0.3, -0.25) is 4.55 Å². The van der Waals surface area contributed by atoms with Gasteiger partial charge < -0.3 is 5.11 Å². The number of hydrogen-bond donors (Lipinski definition) is 2. The summed E-state index contributed by atoms with van der Waals surface area (Å²) in [4.78, 5) is -0.206. The highest BCUT2D eigenvalue weighted by Crippen LogP contribution is 2.39. The average Bonchev–Trinajstić information content (AvgIpc) is 2.36. The molecule has 5 heteroatoms. The quantitative estimate of drug-likeness (QED) is 0.848. The second-order valence-electron chi connectivity index (χ2n) is 5.15. The summed E-state index contributed by atoms with van der Waals surface area (Å²) in [6.07, 6.45) is 0.660. The van der Waals surface area contributed by atoms with Crippen molar-refractivity contribution in [3.63, 3.8) is 0 Å². The van der Waals surface area contributed by atoms with Crippen molar-refractivity contribution in [2.75, 3.05) is 0 Å². The molecule has 0 saturated carbocycles. The lowest BCUT2D eigenvalue weighted by Crippen LogP contribution is -2.06. The third-order valence-corrected chi connectivity index (χ3v) is 4.55. The largest absolute Gasteiger partial charge is 0.507 e. The van der Waals surface area contributed by atoms with Crippen molar-refractivity contribution in [1.29, 1.82) is 0 Å². The van der Waals surface area contributed by atoms with Gasteiger partial charge in [-0.25, -0.2) is 0 Å². The van der Waals surface area contributed by atoms with E-state index in [1.54, 1.807) is 12.1 Å². The van der Waals surface area contributed by atoms with E-state index >= 15 is 0 Å². The first-order valence-electron chi connectivity index (χ1n) is 6.49. The summed E-state index contributed by atoms with van der Waals surface area (Å²) < 4.78 is 32.6. The Kier molecular flexibility index (Phi) is 3.75. The number of phenols is 1. The first kappa shape index (κ1) is 14.8. The minimum atomic E-state index is -4.38. The molecule has 1 unspecified atom stereocenters. The molecule has 108 valence electrons. The molecule has 0 radical (unpaired) electrons. The van der Waals surface area contributed by atoms with Gasteiger partial charge in [0.15, 0.2) is 0 Å². The molecule has 0 aliphatic carbocycles. The molecule has 1 atom stereocenters. The second kappa shape index (κ2) is 5.07. The van der Waals surface area contributed by atoms with Crippen LogP contribution in [0.3, 0.4) is 0 Å². The van der Waals surface area contributed by atoms with Crippen LogP contribution in [-0.4, -0.2) is 18.1 Å². The van der Waals surface area contributed by atoms with E-state index in [9.17, 15) is 18.1 Å². The number of hydrogen-bond acceptors (Lipinski definition) is 3. The Hall–Kier alpha value is -1.59. The number of aryl methyl sites for hydroxylation is 1. The molecule has 0 aliphatic rings. The molecule has 0 aromatic heterocycles. The van der Waals surface area contributed by atoms with Gasteiger partial charge in [-0.05, 0) is 30.7 Å². The van der Waals surface area contributed by atoms with Gasteiger partial charge in [-0.2, -0.15) is 8.42 Å². The van der Waals surface area contributed by atoms with Crippen molar-refractivity contribution in [3.05, 3.63) is 35.4 Å². The highest BCUT2D eigenvalue weighted by atomic mass is 32.2. The normalized spacial score (nSPS) is 13.6. The van der Waals surface area contributed by atoms with Crippen molar-refractivity contribution in [2.45, 2.75) is 38.0 Å². The fraction of sp³-hybridized carbons (Fsp3) is 0.333. The van der Waals surface area contributed by atoms with Gasteiger partial charge in [0.2, 0.25) is 0 Å². The Morgan fingerprint density at radius 2 is 1.90 bits per heavy atom. The topological polar surface area (TPSA) is 74.6 Å². The lowest BCUT2D eigenvalue weighted by Gasteiger charge is -2.17. The van der Waals surface area contributed by atoms with Crippen LogP contribution in [0.2, 0.25) is 0 Å². The van der Waals surface area contributed by atoms with Crippen LogP contribution in [0.25, 0.3) is 10.8 Å². The summed E-state index contributed by atoms with van der Waals surface area (Å²) in [5.41, 5.74) is 1.24. The molecule has 0 amide bonds. The van der Waals surface area contributed by atoms with E-state index in [2.05, 4.69) is 0 Å². The molecule has 0 aliphatic heterocycles. The predicted molar refractivity (Wildman–Crippen MR) is 78.9 cm³/mol. The minimum absolute atomic E-state index is 0.0653. The Morgan fingerprint density at radius 3 is 2.45 bits per heavy atom. The predicted octanol–water partition coefficient (Wildman–Crippen LogP) is 3.61. The smallest absolute Gasteiger partial charge is 0.294 e. The fourth-order valence-electron chi connectivity index (χ4n) is 2.39. The highest BCUT2D eigenvalue weighted by Gasteiger charge is 2.24. The monoisotopic (exact) mass is 294 g/mol. The van der Waals surface area contributed by atoms with E-state index < -0.39 is 10.1 Å². The third kappa shape index (κ3) is 2.51. The van der Waals surface area contributed by atoms with Gasteiger partial charge in [0.25, 0.3) is 10.1 Å². The van der Waals surface area contributed by atoms with Crippen LogP contribution < -0.4 is 0 Å². The molecule has 2 N–H and O–H groups in total. The van der Waals surface area contributed by atoms with Crippen molar-refractivity contribution < 1.29 is 18.1 Å². The van der Waals surface area contributed by atoms with Crippen LogP contribution in [-0.2, 0) is 10.1 Å². The molecule has 20 heavy (non-hydrogen) atoms. The van der Waals surface area contributed by atoms with Gasteiger partial charge in [-0.1, -0.05) is 37.6 Å². The third-order valence-electron chi connectivity index (χ3n) is 3.65. The number of rotatable bonds is 3. The van der Waals surface area contributed by atoms with Gasteiger partial charge in [0.05, 0.1) is 0 Å². The lowest BCUT2D eigenvalue weighted by atomic mass is 9.94. The Bertz CT molecular complexity index is 763. The van der Waals surface area contributed by atoms with Crippen LogP contribution in [0.5, 0.6) is 5.75 Å². The van der Waals surface area contributed by atoms with Crippen LogP contribution >= 0.6 is 0 Å². The highest BCUT2D eigenvalue weighted by molar-refractivity contribution is 7.85. The average molecular weight is 294 g/mol. The molecule has 0 heterocycles. The van der Waals surface area contributed by atoms with E-state index in [4.69, 9.17) is 0 Å². The number of aromatic hydroxyl groups is 1. The molecule has 2 aromatic rings. The summed E-state index contributed by atoms with van der Waals surface area (Å²) in [5.74, 6) is -0.234. The minimum Gasteiger partial charge on any atom is -0.507 e. The maximum Gasteiger partial charge on any atom is 0.294 e. The van der Waals surface area contributed by atoms with E-state index in [1.807, 2.05) is 26.8 Å². The molecule has 0 fully saturated rings. The Balaban J connectivity index is 2.94. The summed E-state index contributed by atoms with van der Waals surface area (Å²) in [6, 6.07) is 6.83.